The molecule has 0 rings (SSSR count). The Morgan fingerprint density at radius 2 is 1.44 bits per heavy atom. The molecule has 0 aliphatic rings. The van der Waals surface area contributed by atoms with Crippen molar-refractivity contribution in [1.82, 2.24) is 0 Å². The summed E-state index contributed by atoms with van der Waals surface area (Å²) in [7, 11) is -4.19. The molecule has 0 saturated heterocycles. The van der Waals surface area contributed by atoms with Crippen LogP contribution in [0.25, 0.3) is 0 Å². The van der Waals surface area contributed by atoms with Gasteiger partial charge in [-0.1, -0.05) is 0 Å². The van der Waals surface area contributed by atoms with Crippen molar-refractivity contribution in [2.75, 3.05) is 0 Å². The largest absolute Gasteiger partial charge is 1.00 e. The second-order valence-corrected chi connectivity index (χ2v) is 3.22. The molecule has 0 heterocycles. The fraction of sp³-hybridized carbons (Fsp3) is 0. The van der Waals surface area contributed by atoms with E-state index in [-0.39, 0.29) is 111 Å². The van der Waals surface area contributed by atoms with E-state index in [2.05, 4.69) is 0 Å². The molecule has 4 N–H and O–H groups in total. The van der Waals surface area contributed by atoms with E-state index in [9.17, 15) is 8.42 Å². The van der Waals surface area contributed by atoms with E-state index >= 15 is 0 Å². The van der Waals surface area contributed by atoms with E-state index in [0.29, 0.717) is 0 Å². The van der Waals surface area contributed by atoms with Crippen LogP contribution in [-0.2, 0) is 9.15 Å². The Bertz CT molecular complexity index is 122. The summed E-state index contributed by atoms with van der Waals surface area (Å²) in [4.78, 5) is 0. The molecule has 9 heteroatoms. The molecule has 50 valence electrons. The van der Waals surface area contributed by atoms with Crippen molar-refractivity contribution in [2.24, 2.45) is 0 Å². The maximum atomic E-state index is 9.27. The van der Waals surface area contributed by atoms with Crippen molar-refractivity contribution in [1.29, 1.82) is 0 Å². The van der Waals surface area contributed by atoms with E-state index in [1.54, 1.807) is 0 Å². The summed E-state index contributed by atoms with van der Waals surface area (Å²) < 4.78 is 33.5. The van der Waals surface area contributed by atoms with Crippen LogP contribution < -0.4 is 103 Å². The first kappa shape index (κ1) is 22.9. The summed E-state index contributed by atoms with van der Waals surface area (Å²) in [5.41, 5.74) is 0. The molecule has 0 amide bonds. The van der Waals surface area contributed by atoms with Gasteiger partial charge in [-0.25, -0.2) is 0 Å². The summed E-state index contributed by atoms with van der Waals surface area (Å²) in [6.07, 6.45) is 0. The Morgan fingerprint density at radius 1 is 1.33 bits per heavy atom. The van der Waals surface area contributed by atoms with E-state index in [4.69, 9.17) is 9.11 Å². The first-order chi connectivity index (χ1) is 2.56. The Kier molecular flexibility index (Phi) is 29.1. The molecule has 0 spiro atoms. The molecule has 0 atom stereocenters. The van der Waals surface area contributed by atoms with Gasteiger partial charge in [0.2, 0.25) is 0 Å². The minimum Gasteiger partial charge on any atom is -1.00 e. The summed E-state index contributed by atoms with van der Waals surface area (Å²) in [5, 5.41) is 0. The van der Waals surface area contributed by atoms with Crippen LogP contribution in [0.3, 0.4) is 0 Å². The zero-order chi connectivity index (χ0) is 5.21. The summed E-state index contributed by atoms with van der Waals surface area (Å²) >= 11 is -0.590. The minimum absolute atomic E-state index is 0. The minimum atomic E-state index is -4.19. The van der Waals surface area contributed by atoms with Crippen molar-refractivity contribution in [2.45, 2.75) is 0 Å². The van der Waals surface area contributed by atoms with Crippen molar-refractivity contribution in [3.63, 3.8) is 0 Å². The zero-order valence-corrected chi connectivity index (χ0v) is 12.9. The molecule has 0 fully saturated rings. The molecule has 0 aliphatic heterocycles. The van der Waals surface area contributed by atoms with Gasteiger partial charge in [0.1, 0.15) is 0 Å². The van der Waals surface area contributed by atoms with Crippen molar-refractivity contribution in [3.8, 4) is 0 Å². The average molecular weight is 228 g/mol. The van der Waals surface area contributed by atoms with Crippen LogP contribution >= 0.6 is 11.1 Å². The number of hydrogen-bond donors (Lipinski definition) is 2. The third-order valence-electron chi connectivity index (χ3n) is 0.0942. The van der Waals surface area contributed by atoms with Crippen LogP contribution in [0.2, 0.25) is 0 Å². The van der Waals surface area contributed by atoms with Crippen LogP contribution in [0.4, 0.5) is 0 Å². The van der Waals surface area contributed by atoms with Gasteiger partial charge in [-0.3, -0.25) is 4.55 Å². The topological polar surface area (TPSA) is 106 Å². The molecule has 0 bridgehead atoms. The van der Waals surface area contributed by atoms with Gasteiger partial charge < -0.3 is 12.9 Å². The molecule has 0 aromatic rings. The zero-order valence-electron chi connectivity index (χ0n) is 7.03. The predicted molar refractivity (Wildman–Crippen MR) is 27.6 cm³/mol. The van der Waals surface area contributed by atoms with E-state index in [0.717, 1.165) is 0 Å². The molecule has 0 radical (unpaired) electrons. The average Bonchev–Trinajstić information content (AvgIpc) is 1.35. The van der Waals surface area contributed by atoms with E-state index in [1.165, 1.54) is 0 Å². The first-order valence-corrected chi connectivity index (χ1v) is 3.60. The second kappa shape index (κ2) is 11.5. The normalized spacial score (nSPS) is 7.78. The van der Waals surface area contributed by atoms with Gasteiger partial charge in [-0.05, 0) is 0 Å². The molecule has 9 heavy (non-hydrogen) atoms. The van der Waals surface area contributed by atoms with Crippen molar-refractivity contribution in [3.05, 3.63) is 0 Å². The monoisotopic (exact) mass is 228 g/mol. The van der Waals surface area contributed by atoms with Crippen LogP contribution in [-0.4, -0.2) is 23.0 Å². The molecule has 0 saturated carbocycles. The van der Waals surface area contributed by atoms with Gasteiger partial charge in [0.25, 0.3) is 0 Å². The summed E-state index contributed by atoms with van der Waals surface area (Å²) in [5.74, 6) is 0. The maximum Gasteiger partial charge on any atom is 1.00 e. The standard InChI is InChI=1S/2K.H2O4S2.H2O.2H/c;;1-5-6(2,3)4;;;/h;;1H,(H,2,3,4);1H2;;/q2*+1;;;2*-1. The van der Waals surface area contributed by atoms with Gasteiger partial charge in [-0.15, -0.1) is 0 Å². The predicted octanol–water partition coefficient (Wildman–Crippen LogP) is -6.60. The van der Waals surface area contributed by atoms with Crippen molar-refractivity contribution >= 4 is 20.2 Å². The Balaban J connectivity index is -0.0000000125. The molecule has 0 aliphatic carbocycles. The Morgan fingerprint density at radius 3 is 1.44 bits per heavy atom. The summed E-state index contributed by atoms with van der Waals surface area (Å²) in [6.45, 7) is 0. The molecule has 5 nitrogen and oxygen atoms in total. The fourth-order valence-corrected chi connectivity index (χ4v) is 0. The van der Waals surface area contributed by atoms with E-state index < -0.39 is 20.2 Å². The third-order valence-corrected chi connectivity index (χ3v) is 0.848. The SMILES string of the molecule is O.O=S(=O)(O)SO.[H-].[H-].[K+].[K+]. The smallest absolute Gasteiger partial charge is 1.00 e. The third kappa shape index (κ3) is 24.6. The van der Waals surface area contributed by atoms with Gasteiger partial charge in [0.05, 0.1) is 0 Å². The first-order valence-electron chi connectivity index (χ1n) is 0.865. The van der Waals surface area contributed by atoms with Gasteiger partial charge in [0, 0.05) is 0 Å². The van der Waals surface area contributed by atoms with Crippen LogP contribution in [0.1, 0.15) is 2.85 Å². The molecule has 0 unspecified atom stereocenters. The van der Waals surface area contributed by atoms with Crippen molar-refractivity contribution < 1.29 is 129 Å². The van der Waals surface area contributed by atoms with Gasteiger partial charge in [0.15, 0.2) is 11.1 Å². The van der Waals surface area contributed by atoms with Gasteiger partial charge >= 0.3 is 112 Å². The number of hydrogen-bond acceptors (Lipinski definition) is 4. The maximum absolute atomic E-state index is 9.27. The van der Waals surface area contributed by atoms with Crippen LogP contribution in [0.15, 0.2) is 0 Å². The second-order valence-electron chi connectivity index (χ2n) is 0.502. The molecular weight excluding hydrogens is 222 g/mol. The van der Waals surface area contributed by atoms with Crippen LogP contribution in [0, 0.1) is 0 Å². The summed E-state index contributed by atoms with van der Waals surface area (Å²) in [6, 6.07) is 0. The van der Waals surface area contributed by atoms with Gasteiger partial charge in [-0.2, -0.15) is 8.42 Å². The quantitative estimate of drug-likeness (QED) is 0.201. The van der Waals surface area contributed by atoms with E-state index in [1.807, 2.05) is 0 Å². The Labute approximate surface area is 145 Å². The van der Waals surface area contributed by atoms with Crippen LogP contribution in [0.5, 0.6) is 0 Å². The molecule has 0 aromatic carbocycles. The molecule has 0 aromatic heterocycles. The fourth-order valence-electron chi connectivity index (χ4n) is 0. The Hall–Kier alpha value is 3.45. The molecular formula is H6K2O5S2. The number of rotatable bonds is 1.